The van der Waals surface area contributed by atoms with Crippen molar-refractivity contribution in [3.63, 3.8) is 0 Å². The topological polar surface area (TPSA) is 83.8 Å². The number of aromatic nitrogens is 6. The highest BCUT2D eigenvalue weighted by Gasteiger charge is 2.12. The largest absolute Gasteiger partial charge is 0.341 e. The molecule has 0 spiro atoms. The molecule has 0 radical (unpaired) electrons. The Morgan fingerprint density at radius 3 is 2.83 bits per heavy atom. The molecule has 0 aliphatic rings. The van der Waals surface area contributed by atoms with Gasteiger partial charge in [-0.2, -0.15) is 9.50 Å². The first-order valence-electron chi connectivity index (χ1n) is 9.08. The number of halogens is 2. The van der Waals surface area contributed by atoms with E-state index in [-0.39, 0.29) is 5.02 Å². The Balaban J connectivity index is 1.41. The van der Waals surface area contributed by atoms with Crippen molar-refractivity contribution >= 4 is 51.7 Å². The van der Waals surface area contributed by atoms with Gasteiger partial charge in [-0.05, 0) is 37.3 Å². The van der Waals surface area contributed by atoms with Gasteiger partial charge in [-0.3, -0.25) is 0 Å². The number of nitrogens with one attached hydrogen (secondary N) is 2. The molecule has 0 atom stereocenters. The smallest absolute Gasteiger partial charge is 0.255 e. The highest BCUT2D eigenvalue weighted by Crippen LogP contribution is 2.25. The van der Waals surface area contributed by atoms with Gasteiger partial charge < -0.3 is 10.3 Å². The van der Waals surface area contributed by atoms with Crippen molar-refractivity contribution in [2.75, 3.05) is 5.32 Å². The van der Waals surface area contributed by atoms with Crippen LogP contribution in [0.1, 0.15) is 11.5 Å². The third kappa shape index (κ3) is 3.69. The number of hydrogen-bond acceptors (Lipinski definition) is 6. The number of benzene rings is 2. The van der Waals surface area contributed by atoms with Crippen LogP contribution in [-0.2, 0) is 5.75 Å². The maximum absolute atomic E-state index is 13.4. The highest BCUT2D eigenvalue weighted by atomic mass is 35.5. The molecular weight excluding hydrogens is 425 g/mol. The molecule has 0 unspecified atom stereocenters. The predicted molar refractivity (Wildman–Crippen MR) is 116 cm³/mol. The van der Waals surface area contributed by atoms with E-state index in [0.717, 1.165) is 22.6 Å². The van der Waals surface area contributed by atoms with Crippen molar-refractivity contribution in [3.8, 4) is 0 Å². The van der Waals surface area contributed by atoms with E-state index in [1.54, 1.807) is 10.6 Å². The number of nitrogens with zero attached hydrogens (tertiary/aromatic N) is 5. The van der Waals surface area contributed by atoms with Crippen LogP contribution in [-0.4, -0.2) is 29.5 Å². The summed E-state index contributed by atoms with van der Waals surface area (Å²) in [5.41, 5.74) is 3.34. The molecule has 10 heteroatoms. The standard InChI is InChI=1S/C20H15ClFN7S/c1-11-8-18(24-12-6-7-14(22)13(21)9-12)29-19(23-11)27-20(28-29)30-10-17-25-15-4-2-3-5-16(15)26-17/h2-9,24H,10H2,1H3,(H,25,26). The second-order valence-electron chi connectivity index (χ2n) is 6.63. The predicted octanol–water partition coefficient (Wildman–Crippen LogP) is 5.14. The van der Waals surface area contributed by atoms with E-state index in [4.69, 9.17) is 11.6 Å². The summed E-state index contributed by atoms with van der Waals surface area (Å²) in [5.74, 6) is 2.11. The molecule has 0 saturated carbocycles. The number of aromatic amines is 1. The lowest BCUT2D eigenvalue weighted by Gasteiger charge is -2.09. The fourth-order valence-electron chi connectivity index (χ4n) is 3.05. The van der Waals surface area contributed by atoms with Gasteiger partial charge in [-0.25, -0.2) is 14.4 Å². The number of fused-ring (bicyclic) bond motifs is 2. The summed E-state index contributed by atoms with van der Waals surface area (Å²) in [4.78, 5) is 16.8. The molecule has 150 valence electrons. The number of para-hydroxylation sites is 2. The number of aryl methyl sites for hydroxylation is 1. The van der Waals surface area contributed by atoms with Crippen molar-refractivity contribution in [3.05, 3.63) is 70.9 Å². The summed E-state index contributed by atoms with van der Waals surface area (Å²) >= 11 is 7.35. The molecule has 5 rings (SSSR count). The molecule has 0 fully saturated rings. The van der Waals surface area contributed by atoms with Crippen LogP contribution in [0.5, 0.6) is 0 Å². The van der Waals surface area contributed by atoms with Gasteiger partial charge in [0.15, 0.2) is 0 Å². The van der Waals surface area contributed by atoms with Gasteiger partial charge >= 0.3 is 0 Å². The first-order chi connectivity index (χ1) is 14.5. The molecule has 30 heavy (non-hydrogen) atoms. The zero-order valence-corrected chi connectivity index (χ0v) is 17.3. The van der Waals surface area contributed by atoms with E-state index in [0.29, 0.717) is 28.2 Å². The summed E-state index contributed by atoms with van der Waals surface area (Å²) in [6.45, 7) is 1.87. The molecule has 0 bridgehead atoms. The van der Waals surface area contributed by atoms with Gasteiger partial charge in [0.1, 0.15) is 17.5 Å². The highest BCUT2D eigenvalue weighted by molar-refractivity contribution is 7.98. The molecule has 0 aliphatic carbocycles. The molecule has 5 aromatic rings. The summed E-state index contributed by atoms with van der Waals surface area (Å²) < 4.78 is 15.1. The van der Waals surface area contributed by atoms with E-state index >= 15 is 0 Å². The van der Waals surface area contributed by atoms with Gasteiger partial charge in [0.25, 0.3) is 5.78 Å². The van der Waals surface area contributed by atoms with E-state index in [9.17, 15) is 4.39 Å². The van der Waals surface area contributed by atoms with Crippen LogP contribution in [0.15, 0.2) is 53.7 Å². The van der Waals surface area contributed by atoms with Crippen LogP contribution in [0, 0.1) is 12.7 Å². The number of rotatable bonds is 5. The molecule has 0 aliphatic heterocycles. The number of imidazole rings is 1. The summed E-state index contributed by atoms with van der Waals surface area (Å²) in [7, 11) is 0. The first kappa shape index (κ1) is 18.8. The lowest BCUT2D eigenvalue weighted by atomic mass is 10.3. The van der Waals surface area contributed by atoms with Crippen molar-refractivity contribution in [1.82, 2.24) is 29.5 Å². The first-order valence-corrected chi connectivity index (χ1v) is 10.4. The van der Waals surface area contributed by atoms with Crippen LogP contribution in [0.25, 0.3) is 16.8 Å². The van der Waals surface area contributed by atoms with Crippen molar-refractivity contribution in [1.29, 1.82) is 0 Å². The van der Waals surface area contributed by atoms with E-state index in [1.807, 2.05) is 37.3 Å². The van der Waals surface area contributed by atoms with Crippen LogP contribution < -0.4 is 5.32 Å². The fourth-order valence-corrected chi connectivity index (χ4v) is 3.92. The Morgan fingerprint density at radius 1 is 1.13 bits per heavy atom. The lowest BCUT2D eigenvalue weighted by molar-refractivity contribution is 0.628. The summed E-state index contributed by atoms with van der Waals surface area (Å²) in [6.07, 6.45) is 0. The molecule has 0 saturated heterocycles. The molecule has 3 aromatic heterocycles. The van der Waals surface area contributed by atoms with Crippen LogP contribution in [0.3, 0.4) is 0 Å². The minimum absolute atomic E-state index is 0.0442. The number of thioether (sulfide) groups is 1. The maximum Gasteiger partial charge on any atom is 0.255 e. The van der Waals surface area contributed by atoms with Gasteiger partial charge in [0.2, 0.25) is 5.16 Å². The molecule has 7 nitrogen and oxygen atoms in total. The summed E-state index contributed by atoms with van der Waals surface area (Å²) in [5, 5.41) is 8.38. The molecule has 3 heterocycles. The molecule has 2 aromatic carbocycles. The summed E-state index contributed by atoms with van der Waals surface area (Å²) in [6, 6.07) is 14.2. The fraction of sp³-hybridized carbons (Fsp3) is 0.100. The van der Waals surface area contributed by atoms with Crippen molar-refractivity contribution in [2.45, 2.75) is 17.8 Å². The van der Waals surface area contributed by atoms with Crippen LogP contribution in [0.2, 0.25) is 5.02 Å². The Bertz CT molecular complexity index is 1350. The SMILES string of the molecule is Cc1cc(Nc2ccc(F)c(Cl)c2)n2nc(SCc3nc4ccccc4[nH]3)nc2n1. The number of anilines is 2. The zero-order chi connectivity index (χ0) is 20.7. The second-order valence-corrected chi connectivity index (χ2v) is 7.98. The minimum atomic E-state index is -0.469. The van der Waals surface area contributed by atoms with Crippen LogP contribution >= 0.6 is 23.4 Å². The average molecular weight is 440 g/mol. The van der Waals surface area contributed by atoms with Gasteiger partial charge in [0, 0.05) is 17.4 Å². The van der Waals surface area contributed by atoms with E-state index in [1.165, 1.54) is 23.9 Å². The Labute approximate surface area is 179 Å². The average Bonchev–Trinajstić information content (AvgIpc) is 3.32. The monoisotopic (exact) mass is 439 g/mol. The second kappa shape index (κ2) is 7.58. The van der Waals surface area contributed by atoms with E-state index < -0.39 is 5.82 Å². The maximum atomic E-state index is 13.4. The van der Waals surface area contributed by atoms with Gasteiger partial charge in [-0.1, -0.05) is 35.5 Å². The van der Waals surface area contributed by atoms with Crippen LogP contribution in [0.4, 0.5) is 15.9 Å². The van der Waals surface area contributed by atoms with Crippen molar-refractivity contribution in [2.24, 2.45) is 0 Å². The number of H-pyrrole nitrogens is 1. The zero-order valence-electron chi connectivity index (χ0n) is 15.7. The van der Waals surface area contributed by atoms with E-state index in [2.05, 4.69) is 30.4 Å². The molecule has 2 N–H and O–H groups in total. The number of hydrogen-bond donors (Lipinski definition) is 2. The Morgan fingerprint density at radius 2 is 2.00 bits per heavy atom. The normalized spacial score (nSPS) is 11.4. The quantitative estimate of drug-likeness (QED) is 0.369. The Kier molecular flexibility index (Phi) is 4.76. The molecular formula is C20H15ClFN7S. The minimum Gasteiger partial charge on any atom is -0.341 e. The molecule has 0 amide bonds. The third-order valence-corrected chi connectivity index (χ3v) is 5.53. The van der Waals surface area contributed by atoms with Crippen molar-refractivity contribution < 1.29 is 4.39 Å². The lowest BCUT2D eigenvalue weighted by Crippen LogP contribution is -2.02. The Hall–Kier alpha value is -3.17. The van der Waals surface area contributed by atoms with Gasteiger partial charge in [-0.15, -0.1) is 5.10 Å². The van der Waals surface area contributed by atoms with Gasteiger partial charge in [0.05, 0.1) is 21.8 Å². The third-order valence-electron chi connectivity index (χ3n) is 4.39.